The van der Waals surface area contributed by atoms with Gasteiger partial charge >= 0.3 is 0 Å². The van der Waals surface area contributed by atoms with Crippen molar-refractivity contribution in [3.05, 3.63) is 76.3 Å². The van der Waals surface area contributed by atoms with E-state index >= 15 is 0 Å². The maximum atomic E-state index is 12.7. The third-order valence-electron chi connectivity index (χ3n) is 6.01. The van der Waals surface area contributed by atoms with E-state index in [-0.39, 0.29) is 18.0 Å². The Hall–Kier alpha value is -2.57. The van der Waals surface area contributed by atoms with Gasteiger partial charge in [-0.15, -0.1) is 12.4 Å². The monoisotopic (exact) mass is 455 g/mol. The van der Waals surface area contributed by atoms with Gasteiger partial charge in [-0.05, 0) is 49.6 Å². The molecule has 0 saturated carbocycles. The molecule has 1 aliphatic heterocycles. The molecule has 7 heteroatoms. The van der Waals surface area contributed by atoms with Gasteiger partial charge in [0, 0.05) is 57.2 Å². The number of para-hydroxylation sites is 1. The lowest BCUT2D eigenvalue weighted by Gasteiger charge is -2.35. The Kier molecular flexibility index (Phi) is 8.53. The summed E-state index contributed by atoms with van der Waals surface area (Å²) in [6.07, 6.45) is 4.79. The van der Waals surface area contributed by atoms with Crippen LogP contribution in [0, 0.1) is 6.92 Å². The number of benzene rings is 1. The van der Waals surface area contributed by atoms with Crippen LogP contribution in [0.2, 0.25) is 0 Å². The van der Waals surface area contributed by atoms with Crippen molar-refractivity contribution in [3.63, 3.8) is 0 Å². The standard InChI is InChI=1S/C25H33N5O.ClH/c1-3-8-23-20-25(31)29(30(23)22-9-5-4-6-10-22)14-7-13-27-15-17-28(18-16-27)24-19-21(2)11-12-26-24;/h4-6,9-12,19-20H,3,7-8,13-18H2,1-2H3;1H. The number of pyridine rings is 1. The van der Waals surface area contributed by atoms with E-state index in [0.29, 0.717) is 0 Å². The molecule has 172 valence electrons. The highest BCUT2D eigenvalue weighted by Gasteiger charge is 2.18. The zero-order valence-corrected chi connectivity index (χ0v) is 19.9. The van der Waals surface area contributed by atoms with Crippen LogP contribution < -0.4 is 10.5 Å². The molecule has 4 rings (SSSR count). The zero-order chi connectivity index (χ0) is 21.6. The fourth-order valence-corrected chi connectivity index (χ4v) is 4.39. The number of rotatable bonds is 8. The van der Waals surface area contributed by atoms with Gasteiger partial charge in [0.05, 0.1) is 5.69 Å². The van der Waals surface area contributed by atoms with E-state index in [2.05, 4.69) is 51.5 Å². The van der Waals surface area contributed by atoms with Crippen LogP contribution in [0.1, 0.15) is 31.0 Å². The number of aryl methyl sites for hydroxylation is 2. The van der Waals surface area contributed by atoms with Crippen molar-refractivity contribution in [2.45, 2.75) is 39.7 Å². The predicted molar refractivity (Wildman–Crippen MR) is 134 cm³/mol. The first-order valence-corrected chi connectivity index (χ1v) is 11.4. The van der Waals surface area contributed by atoms with Gasteiger partial charge < -0.3 is 4.90 Å². The van der Waals surface area contributed by atoms with Crippen LogP contribution in [-0.2, 0) is 13.0 Å². The summed E-state index contributed by atoms with van der Waals surface area (Å²) in [6, 6.07) is 16.2. The van der Waals surface area contributed by atoms with E-state index in [1.165, 1.54) is 5.56 Å². The summed E-state index contributed by atoms with van der Waals surface area (Å²) in [4.78, 5) is 22.1. The van der Waals surface area contributed by atoms with Gasteiger partial charge in [-0.2, -0.15) is 0 Å². The van der Waals surface area contributed by atoms with E-state index in [1.807, 2.05) is 41.2 Å². The summed E-state index contributed by atoms with van der Waals surface area (Å²) in [7, 11) is 0. The molecule has 3 aromatic rings. The lowest BCUT2D eigenvalue weighted by Crippen LogP contribution is -2.47. The molecule has 1 saturated heterocycles. The average molecular weight is 456 g/mol. The van der Waals surface area contributed by atoms with Gasteiger partial charge in [0.1, 0.15) is 5.82 Å². The second-order valence-corrected chi connectivity index (χ2v) is 8.37. The third-order valence-corrected chi connectivity index (χ3v) is 6.01. The molecule has 32 heavy (non-hydrogen) atoms. The lowest BCUT2D eigenvalue weighted by molar-refractivity contribution is 0.247. The number of aromatic nitrogens is 3. The zero-order valence-electron chi connectivity index (χ0n) is 19.1. The molecule has 0 aliphatic carbocycles. The van der Waals surface area contributed by atoms with Gasteiger partial charge in [0.25, 0.3) is 5.56 Å². The first-order chi connectivity index (χ1) is 15.2. The van der Waals surface area contributed by atoms with Gasteiger partial charge in [0.15, 0.2) is 0 Å². The smallest absolute Gasteiger partial charge is 0.267 e. The van der Waals surface area contributed by atoms with Crippen molar-refractivity contribution in [3.8, 4) is 5.69 Å². The number of piperazine rings is 1. The van der Waals surface area contributed by atoms with Gasteiger partial charge in [-0.1, -0.05) is 31.5 Å². The van der Waals surface area contributed by atoms with E-state index in [1.54, 1.807) is 0 Å². The van der Waals surface area contributed by atoms with Crippen molar-refractivity contribution >= 4 is 18.2 Å². The highest BCUT2D eigenvalue weighted by atomic mass is 35.5. The molecule has 0 bridgehead atoms. The molecule has 2 aromatic heterocycles. The Morgan fingerprint density at radius 2 is 1.72 bits per heavy atom. The maximum absolute atomic E-state index is 12.7. The summed E-state index contributed by atoms with van der Waals surface area (Å²) in [6.45, 7) is 10.1. The molecule has 1 fully saturated rings. The molecule has 1 aromatic carbocycles. The second kappa shape index (κ2) is 11.3. The largest absolute Gasteiger partial charge is 0.354 e. The molecule has 0 N–H and O–H groups in total. The van der Waals surface area contributed by atoms with Crippen LogP contribution in [0.25, 0.3) is 5.69 Å². The summed E-state index contributed by atoms with van der Waals surface area (Å²) in [5, 5.41) is 0. The van der Waals surface area contributed by atoms with Crippen LogP contribution in [0.3, 0.4) is 0 Å². The minimum absolute atomic E-state index is 0. The van der Waals surface area contributed by atoms with Crippen LogP contribution in [0.4, 0.5) is 5.82 Å². The summed E-state index contributed by atoms with van der Waals surface area (Å²) >= 11 is 0. The quantitative estimate of drug-likeness (QED) is 0.516. The Labute approximate surface area is 196 Å². The van der Waals surface area contributed by atoms with Crippen molar-refractivity contribution in [2.75, 3.05) is 37.6 Å². The lowest BCUT2D eigenvalue weighted by atomic mass is 10.2. The Morgan fingerprint density at radius 3 is 2.41 bits per heavy atom. The number of halogens is 1. The maximum Gasteiger partial charge on any atom is 0.267 e. The molecule has 3 heterocycles. The number of nitrogens with zero attached hydrogens (tertiary/aromatic N) is 5. The van der Waals surface area contributed by atoms with Crippen molar-refractivity contribution in [2.24, 2.45) is 0 Å². The van der Waals surface area contributed by atoms with E-state index in [9.17, 15) is 4.79 Å². The van der Waals surface area contributed by atoms with E-state index in [4.69, 9.17) is 0 Å². The fourth-order valence-electron chi connectivity index (χ4n) is 4.39. The molecule has 1 aliphatic rings. The normalized spacial score (nSPS) is 14.4. The predicted octanol–water partition coefficient (Wildman–Crippen LogP) is 3.93. The van der Waals surface area contributed by atoms with E-state index < -0.39 is 0 Å². The molecule has 0 spiro atoms. The van der Waals surface area contributed by atoms with Crippen molar-refractivity contribution in [1.29, 1.82) is 0 Å². The molecule has 6 nitrogen and oxygen atoms in total. The van der Waals surface area contributed by atoms with Crippen LogP contribution in [0.5, 0.6) is 0 Å². The summed E-state index contributed by atoms with van der Waals surface area (Å²) in [5.74, 6) is 1.08. The van der Waals surface area contributed by atoms with Crippen molar-refractivity contribution in [1.82, 2.24) is 19.2 Å². The fraction of sp³-hybridized carbons (Fsp3) is 0.440. The highest BCUT2D eigenvalue weighted by Crippen LogP contribution is 2.16. The van der Waals surface area contributed by atoms with Gasteiger partial charge in [-0.3, -0.25) is 14.4 Å². The number of anilines is 1. The SMILES string of the molecule is CCCc1cc(=O)n(CCCN2CCN(c3cc(C)ccn3)CC2)n1-c1ccccc1.Cl. The van der Waals surface area contributed by atoms with Crippen LogP contribution in [-0.4, -0.2) is 52.0 Å². The topological polar surface area (TPSA) is 46.3 Å². The number of hydrogen-bond donors (Lipinski definition) is 0. The van der Waals surface area contributed by atoms with Crippen molar-refractivity contribution < 1.29 is 0 Å². The number of hydrogen-bond acceptors (Lipinski definition) is 4. The van der Waals surface area contributed by atoms with Gasteiger partial charge in [-0.25, -0.2) is 9.67 Å². The summed E-state index contributed by atoms with van der Waals surface area (Å²) in [5.41, 5.74) is 3.51. The second-order valence-electron chi connectivity index (χ2n) is 8.37. The molecule has 0 amide bonds. The summed E-state index contributed by atoms with van der Waals surface area (Å²) < 4.78 is 4.03. The van der Waals surface area contributed by atoms with E-state index in [0.717, 1.165) is 75.7 Å². The minimum Gasteiger partial charge on any atom is -0.354 e. The molecule has 0 atom stereocenters. The van der Waals surface area contributed by atoms with Crippen LogP contribution in [0.15, 0.2) is 59.5 Å². The average Bonchev–Trinajstić information content (AvgIpc) is 3.10. The first kappa shape index (κ1) is 24.1. The first-order valence-electron chi connectivity index (χ1n) is 11.4. The highest BCUT2D eigenvalue weighted by molar-refractivity contribution is 5.85. The molecular weight excluding hydrogens is 422 g/mol. The minimum atomic E-state index is 0. The van der Waals surface area contributed by atoms with Crippen LogP contribution >= 0.6 is 12.4 Å². The van der Waals surface area contributed by atoms with Gasteiger partial charge in [0.2, 0.25) is 0 Å². The molecular formula is C25H34ClN5O. The Bertz CT molecular complexity index is 1040. The Balaban J connectivity index is 0.00000289. The third kappa shape index (κ3) is 5.61. The molecule has 0 radical (unpaired) electrons. The molecule has 0 unspecified atom stereocenters. The Morgan fingerprint density at radius 1 is 0.969 bits per heavy atom.